The summed E-state index contributed by atoms with van der Waals surface area (Å²) >= 11 is 0.436. The Hall–Kier alpha value is -1.95. The summed E-state index contributed by atoms with van der Waals surface area (Å²) in [7, 11) is 1.21. The zero-order valence-electron chi connectivity index (χ0n) is 11.0. The maximum atomic E-state index is 13.6. The van der Waals surface area contributed by atoms with Crippen LogP contribution in [0.4, 0.5) is 13.2 Å². The highest BCUT2D eigenvalue weighted by Gasteiger charge is 2.11. The fraction of sp³-hybridized carbons (Fsp3) is 0.133. The van der Waals surface area contributed by atoms with E-state index < -0.39 is 17.5 Å². The van der Waals surface area contributed by atoms with E-state index in [1.807, 2.05) is 0 Å². The molecule has 110 valence electrons. The number of carbonyl (C=O) groups excluding carboxylic acids is 1. The van der Waals surface area contributed by atoms with Gasteiger partial charge in [-0.1, -0.05) is 23.9 Å². The maximum absolute atomic E-state index is 13.6. The standard InChI is InChI=1S/C15H11F3O2S/c1-20-14(19)11-6-10(7-12(16)8-11)9-2-4-13(5-3-9)21-15(17)18/h2-8,15H,1H3. The number of hydrogen-bond acceptors (Lipinski definition) is 3. The van der Waals surface area contributed by atoms with Crippen molar-refractivity contribution in [2.24, 2.45) is 0 Å². The average molecular weight is 312 g/mol. The molecule has 0 saturated carbocycles. The van der Waals surface area contributed by atoms with Crippen LogP contribution in [0.1, 0.15) is 10.4 Å². The molecule has 0 saturated heterocycles. The van der Waals surface area contributed by atoms with Gasteiger partial charge >= 0.3 is 5.97 Å². The normalized spacial score (nSPS) is 10.7. The Labute approximate surface area is 123 Å². The lowest BCUT2D eigenvalue weighted by Gasteiger charge is -2.06. The number of thioether (sulfide) groups is 1. The summed E-state index contributed by atoms with van der Waals surface area (Å²) in [5.74, 6) is -3.70. The molecule has 0 bridgehead atoms. The third-order valence-corrected chi connectivity index (χ3v) is 3.45. The van der Waals surface area contributed by atoms with E-state index in [9.17, 15) is 18.0 Å². The van der Waals surface area contributed by atoms with Crippen molar-refractivity contribution < 1.29 is 22.7 Å². The van der Waals surface area contributed by atoms with Crippen LogP contribution in [0.25, 0.3) is 11.1 Å². The Morgan fingerprint density at radius 1 is 1.10 bits per heavy atom. The number of benzene rings is 2. The molecule has 0 fully saturated rings. The molecule has 0 heterocycles. The van der Waals surface area contributed by atoms with Gasteiger partial charge in [-0.2, -0.15) is 8.78 Å². The Bertz CT molecular complexity index is 642. The molecular weight excluding hydrogens is 301 g/mol. The number of rotatable bonds is 4. The van der Waals surface area contributed by atoms with Crippen LogP contribution in [0.5, 0.6) is 0 Å². The molecule has 0 aliphatic heterocycles. The predicted octanol–water partition coefficient (Wildman–Crippen LogP) is 4.59. The molecule has 2 rings (SSSR count). The van der Waals surface area contributed by atoms with Crippen LogP contribution >= 0.6 is 11.8 Å². The highest BCUT2D eigenvalue weighted by Crippen LogP contribution is 2.28. The van der Waals surface area contributed by atoms with Crippen molar-refractivity contribution in [3.8, 4) is 11.1 Å². The van der Waals surface area contributed by atoms with Crippen molar-refractivity contribution in [2.75, 3.05) is 7.11 Å². The lowest BCUT2D eigenvalue weighted by atomic mass is 10.0. The number of ether oxygens (including phenoxy) is 1. The summed E-state index contributed by atoms with van der Waals surface area (Å²) in [4.78, 5) is 11.9. The van der Waals surface area contributed by atoms with Crippen molar-refractivity contribution >= 4 is 17.7 Å². The Morgan fingerprint density at radius 3 is 2.33 bits per heavy atom. The van der Waals surface area contributed by atoms with Gasteiger partial charge in [0.15, 0.2) is 0 Å². The number of alkyl halides is 2. The van der Waals surface area contributed by atoms with Gasteiger partial charge in [0, 0.05) is 4.90 Å². The van der Waals surface area contributed by atoms with Gasteiger partial charge in [0.1, 0.15) is 5.82 Å². The van der Waals surface area contributed by atoms with Crippen molar-refractivity contribution in [1.29, 1.82) is 0 Å². The molecule has 0 N–H and O–H groups in total. The van der Waals surface area contributed by atoms with Crippen molar-refractivity contribution in [1.82, 2.24) is 0 Å². The van der Waals surface area contributed by atoms with Crippen LogP contribution in [0.15, 0.2) is 47.4 Å². The number of halogens is 3. The van der Waals surface area contributed by atoms with E-state index in [1.54, 1.807) is 12.1 Å². The Kier molecular flexibility index (Phi) is 4.90. The molecule has 0 spiro atoms. The maximum Gasteiger partial charge on any atom is 0.337 e. The number of esters is 1. The molecule has 0 aromatic heterocycles. The molecule has 2 aromatic rings. The zero-order chi connectivity index (χ0) is 15.4. The van der Waals surface area contributed by atoms with E-state index in [2.05, 4.69) is 4.74 Å². The van der Waals surface area contributed by atoms with Gasteiger partial charge in [-0.25, -0.2) is 9.18 Å². The molecule has 0 aliphatic carbocycles. The van der Waals surface area contributed by atoms with Gasteiger partial charge in [-0.15, -0.1) is 0 Å². The highest BCUT2D eigenvalue weighted by atomic mass is 32.2. The van der Waals surface area contributed by atoms with Gasteiger partial charge in [-0.05, 0) is 41.5 Å². The first-order chi connectivity index (χ1) is 9.99. The summed E-state index contributed by atoms with van der Waals surface area (Å²) in [6.07, 6.45) is 0. The second-order valence-corrected chi connectivity index (χ2v) is 5.19. The highest BCUT2D eigenvalue weighted by molar-refractivity contribution is 7.99. The van der Waals surface area contributed by atoms with Gasteiger partial charge in [0.2, 0.25) is 0 Å². The third kappa shape index (κ3) is 4.01. The van der Waals surface area contributed by atoms with Gasteiger partial charge in [-0.3, -0.25) is 0 Å². The van der Waals surface area contributed by atoms with Crippen LogP contribution in [0.3, 0.4) is 0 Å². The average Bonchev–Trinajstić information content (AvgIpc) is 2.46. The quantitative estimate of drug-likeness (QED) is 0.610. The van der Waals surface area contributed by atoms with Crippen molar-refractivity contribution in [3.63, 3.8) is 0 Å². The van der Waals surface area contributed by atoms with Crippen LogP contribution in [0.2, 0.25) is 0 Å². The summed E-state index contributed by atoms with van der Waals surface area (Å²) in [5.41, 5.74) is 1.20. The lowest BCUT2D eigenvalue weighted by Crippen LogP contribution is -2.02. The van der Waals surface area contributed by atoms with Gasteiger partial charge in [0.05, 0.1) is 12.7 Å². The molecule has 0 radical (unpaired) electrons. The number of hydrogen-bond donors (Lipinski definition) is 0. The van der Waals surface area contributed by atoms with Gasteiger partial charge < -0.3 is 4.74 Å². The third-order valence-electron chi connectivity index (χ3n) is 2.73. The fourth-order valence-corrected chi connectivity index (χ4v) is 2.32. The van der Waals surface area contributed by atoms with Crippen LogP contribution in [-0.2, 0) is 4.74 Å². The summed E-state index contributed by atoms with van der Waals surface area (Å²) < 4.78 is 42.6. The lowest BCUT2D eigenvalue weighted by molar-refractivity contribution is 0.0600. The van der Waals surface area contributed by atoms with E-state index in [0.29, 0.717) is 27.8 Å². The first-order valence-corrected chi connectivity index (χ1v) is 6.81. The minimum absolute atomic E-state index is 0.0959. The van der Waals surface area contributed by atoms with Crippen molar-refractivity contribution in [3.05, 3.63) is 53.8 Å². The summed E-state index contributed by atoms with van der Waals surface area (Å²) in [6.45, 7) is 0. The SMILES string of the molecule is COC(=O)c1cc(F)cc(-c2ccc(SC(F)F)cc2)c1. The Balaban J connectivity index is 2.33. The minimum Gasteiger partial charge on any atom is -0.465 e. The minimum atomic E-state index is -2.49. The van der Waals surface area contributed by atoms with Crippen LogP contribution in [-0.4, -0.2) is 18.8 Å². The van der Waals surface area contributed by atoms with E-state index in [-0.39, 0.29) is 5.56 Å². The molecule has 0 aliphatic rings. The second-order valence-electron chi connectivity index (χ2n) is 4.12. The first kappa shape index (κ1) is 15.4. The summed E-state index contributed by atoms with van der Waals surface area (Å²) in [5, 5.41) is 0. The molecule has 21 heavy (non-hydrogen) atoms. The second kappa shape index (κ2) is 6.67. The molecular formula is C15H11F3O2S. The molecule has 2 nitrogen and oxygen atoms in total. The van der Waals surface area contributed by atoms with Crippen LogP contribution in [0, 0.1) is 5.82 Å². The monoisotopic (exact) mass is 312 g/mol. The fourth-order valence-electron chi connectivity index (χ4n) is 1.82. The molecule has 2 aromatic carbocycles. The zero-order valence-corrected chi connectivity index (χ0v) is 11.8. The number of methoxy groups -OCH3 is 1. The first-order valence-electron chi connectivity index (χ1n) is 5.94. The van der Waals surface area contributed by atoms with E-state index in [0.717, 1.165) is 6.07 Å². The number of carbonyl (C=O) groups is 1. The topological polar surface area (TPSA) is 26.3 Å². The van der Waals surface area contributed by atoms with Gasteiger partial charge in [0.25, 0.3) is 5.76 Å². The molecule has 6 heteroatoms. The van der Waals surface area contributed by atoms with E-state index in [4.69, 9.17) is 0 Å². The van der Waals surface area contributed by atoms with Crippen molar-refractivity contribution in [2.45, 2.75) is 10.7 Å². The predicted molar refractivity (Wildman–Crippen MR) is 75.0 cm³/mol. The molecule has 0 atom stereocenters. The summed E-state index contributed by atoms with van der Waals surface area (Å²) in [6, 6.07) is 10.1. The molecule has 0 unspecified atom stereocenters. The molecule has 0 amide bonds. The van der Waals surface area contributed by atoms with E-state index in [1.165, 1.54) is 31.4 Å². The Morgan fingerprint density at radius 2 is 1.76 bits per heavy atom. The largest absolute Gasteiger partial charge is 0.465 e. The smallest absolute Gasteiger partial charge is 0.337 e. The van der Waals surface area contributed by atoms with Crippen LogP contribution < -0.4 is 0 Å². The van der Waals surface area contributed by atoms with E-state index >= 15 is 0 Å².